The van der Waals surface area contributed by atoms with Crippen molar-refractivity contribution in [2.75, 3.05) is 0 Å². The van der Waals surface area contributed by atoms with Crippen LogP contribution in [-0.2, 0) is 9.22 Å². The van der Waals surface area contributed by atoms with Gasteiger partial charge in [0.1, 0.15) is 6.29 Å². The summed E-state index contributed by atoms with van der Waals surface area (Å²) in [7, 11) is -2.55. The van der Waals surface area contributed by atoms with Gasteiger partial charge in [-0.1, -0.05) is 88.4 Å². The Morgan fingerprint density at radius 3 is 1.62 bits per heavy atom. The average molecular weight is 341 g/mol. The molecule has 0 aliphatic rings. The number of hydrogen-bond donors (Lipinski definition) is 0. The van der Waals surface area contributed by atoms with E-state index in [1.807, 2.05) is 26.0 Å². The van der Waals surface area contributed by atoms with Crippen LogP contribution in [0.3, 0.4) is 0 Å². The van der Waals surface area contributed by atoms with Gasteiger partial charge in [-0.15, -0.1) is 0 Å². The molecule has 1 unspecified atom stereocenters. The fourth-order valence-corrected chi connectivity index (χ4v) is 7.98. The van der Waals surface area contributed by atoms with Crippen molar-refractivity contribution >= 4 is 25.0 Å². The van der Waals surface area contributed by atoms with Gasteiger partial charge in [-0.3, -0.25) is 0 Å². The van der Waals surface area contributed by atoms with Gasteiger partial charge in [0.2, 0.25) is 0 Å². The molecule has 0 aliphatic carbocycles. The first-order chi connectivity index (χ1) is 11.3. The summed E-state index contributed by atoms with van der Waals surface area (Å²) >= 11 is 0. The van der Waals surface area contributed by atoms with Gasteiger partial charge in [-0.05, 0) is 22.3 Å². The van der Waals surface area contributed by atoms with Gasteiger partial charge >= 0.3 is 0 Å². The van der Waals surface area contributed by atoms with Crippen LogP contribution < -0.4 is 10.4 Å². The second-order valence-corrected chi connectivity index (χ2v) is 11.7. The molecule has 2 aromatic rings. The third-order valence-electron chi connectivity index (χ3n) is 4.73. The summed E-state index contributed by atoms with van der Waals surface area (Å²) in [4.78, 5) is 11.3. The summed E-state index contributed by atoms with van der Waals surface area (Å²) < 4.78 is 6.83. The van der Waals surface area contributed by atoms with Crippen LogP contribution in [0.25, 0.3) is 0 Å². The van der Waals surface area contributed by atoms with Crippen LogP contribution in [0.1, 0.15) is 34.6 Å². The zero-order valence-electron chi connectivity index (χ0n) is 15.3. The topological polar surface area (TPSA) is 26.3 Å². The highest BCUT2D eigenvalue weighted by atomic mass is 28.4. The Morgan fingerprint density at radius 1 is 0.875 bits per heavy atom. The van der Waals surface area contributed by atoms with Gasteiger partial charge in [0.05, 0.1) is 6.10 Å². The van der Waals surface area contributed by atoms with Crippen molar-refractivity contribution in [2.45, 2.75) is 45.8 Å². The highest BCUT2D eigenvalue weighted by Crippen LogP contribution is 2.38. The molecule has 0 N–H and O–H groups in total. The Morgan fingerprint density at radius 2 is 1.29 bits per heavy atom. The first-order valence-electron chi connectivity index (χ1n) is 8.57. The molecule has 24 heavy (non-hydrogen) atoms. The van der Waals surface area contributed by atoms with E-state index in [2.05, 4.69) is 69.3 Å². The van der Waals surface area contributed by atoms with E-state index in [0.29, 0.717) is 0 Å². The van der Waals surface area contributed by atoms with Crippen molar-refractivity contribution in [1.29, 1.82) is 0 Å². The number of carbonyl (C=O) groups excluding carboxylic acids is 1. The minimum absolute atomic E-state index is 0.0629. The standard InChI is InChI=1S/C21H28O2Si/c1-17(16-22)18(2)23-24(21(3,4)5,19-12-8-6-9-13-19)20-14-10-7-11-15-20/h6-18H,1-5H3/t17-,18?/m1/s1. The molecule has 0 radical (unpaired) electrons. The van der Waals surface area contributed by atoms with E-state index in [0.717, 1.165) is 6.29 Å². The smallest absolute Gasteiger partial charge is 0.261 e. The van der Waals surface area contributed by atoms with Crippen LogP contribution in [-0.4, -0.2) is 20.7 Å². The second-order valence-electron chi connectivity index (χ2n) is 7.48. The summed E-state index contributed by atoms with van der Waals surface area (Å²) in [6.45, 7) is 10.7. The number of rotatable bonds is 6. The molecule has 0 amide bonds. The van der Waals surface area contributed by atoms with Gasteiger partial charge in [-0.2, -0.15) is 0 Å². The van der Waals surface area contributed by atoms with E-state index in [9.17, 15) is 4.79 Å². The molecule has 2 nitrogen and oxygen atoms in total. The number of aldehydes is 1. The zero-order valence-corrected chi connectivity index (χ0v) is 16.3. The molecule has 0 spiro atoms. The fraction of sp³-hybridized carbons (Fsp3) is 0.381. The third kappa shape index (κ3) is 3.52. The lowest BCUT2D eigenvalue weighted by Crippen LogP contribution is -2.67. The maximum Gasteiger partial charge on any atom is 0.261 e. The summed E-state index contributed by atoms with van der Waals surface area (Å²) in [5.74, 6) is -0.133. The first kappa shape index (κ1) is 18.6. The van der Waals surface area contributed by atoms with Crippen molar-refractivity contribution in [1.82, 2.24) is 0 Å². The van der Waals surface area contributed by atoms with Crippen molar-refractivity contribution in [2.24, 2.45) is 5.92 Å². The molecular weight excluding hydrogens is 312 g/mol. The number of hydrogen-bond acceptors (Lipinski definition) is 2. The Hall–Kier alpha value is -1.71. The largest absolute Gasteiger partial charge is 0.404 e. The maximum atomic E-state index is 11.3. The van der Waals surface area contributed by atoms with E-state index >= 15 is 0 Å². The molecule has 3 heteroatoms. The highest BCUT2D eigenvalue weighted by molar-refractivity contribution is 6.99. The van der Waals surface area contributed by atoms with Crippen LogP contribution in [0.15, 0.2) is 60.7 Å². The Kier molecular flexibility index (Phi) is 5.78. The molecule has 2 aromatic carbocycles. The van der Waals surface area contributed by atoms with Crippen LogP contribution in [0.4, 0.5) is 0 Å². The van der Waals surface area contributed by atoms with Crippen LogP contribution in [0, 0.1) is 5.92 Å². The van der Waals surface area contributed by atoms with Crippen molar-refractivity contribution in [3.05, 3.63) is 60.7 Å². The van der Waals surface area contributed by atoms with Crippen molar-refractivity contribution in [3.63, 3.8) is 0 Å². The van der Waals surface area contributed by atoms with E-state index in [1.54, 1.807) is 0 Å². The first-order valence-corrected chi connectivity index (χ1v) is 10.5. The lowest BCUT2D eigenvalue weighted by atomic mass is 10.1. The number of benzene rings is 2. The maximum absolute atomic E-state index is 11.3. The van der Waals surface area contributed by atoms with Crippen LogP contribution in [0.5, 0.6) is 0 Å². The molecule has 0 saturated carbocycles. The molecule has 2 rings (SSSR count). The average Bonchev–Trinajstić information content (AvgIpc) is 2.59. The van der Waals surface area contributed by atoms with Gasteiger partial charge in [0, 0.05) is 5.92 Å². The Labute approximate surface area is 147 Å². The molecule has 0 saturated heterocycles. The highest BCUT2D eigenvalue weighted by Gasteiger charge is 2.51. The lowest BCUT2D eigenvalue weighted by molar-refractivity contribution is -0.112. The minimum atomic E-state index is -2.55. The molecule has 0 fully saturated rings. The second kappa shape index (κ2) is 7.45. The zero-order chi connectivity index (χ0) is 17.8. The summed E-state index contributed by atoms with van der Waals surface area (Å²) in [6, 6.07) is 21.0. The van der Waals surface area contributed by atoms with E-state index in [4.69, 9.17) is 4.43 Å². The van der Waals surface area contributed by atoms with E-state index in [-0.39, 0.29) is 17.1 Å². The van der Waals surface area contributed by atoms with E-state index < -0.39 is 8.32 Å². The van der Waals surface area contributed by atoms with Gasteiger partial charge in [0.15, 0.2) is 0 Å². The third-order valence-corrected chi connectivity index (χ3v) is 9.87. The minimum Gasteiger partial charge on any atom is -0.404 e. The van der Waals surface area contributed by atoms with Crippen LogP contribution in [0.2, 0.25) is 5.04 Å². The molecule has 0 aliphatic heterocycles. The molecule has 128 valence electrons. The SMILES string of the molecule is CC(O[Si](c1ccccc1)(c1ccccc1)C(C)(C)C)[C@H](C)C=O. The normalized spacial score (nSPS) is 14.9. The quantitative estimate of drug-likeness (QED) is 0.591. The molecule has 2 atom stereocenters. The van der Waals surface area contributed by atoms with Crippen molar-refractivity contribution in [3.8, 4) is 0 Å². The Bertz CT molecular complexity index is 607. The van der Waals surface area contributed by atoms with Gasteiger partial charge < -0.3 is 9.22 Å². The van der Waals surface area contributed by atoms with Crippen LogP contribution >= 0.6 is 0 Å². The fourth-order valence-electron chi connectivity index (χ4n) is 3.19. The van der Waals surface area contributed by atoms with E-state index in [1.165, 1.54) is 10.4 Å². The van der Waals surface area contributed by atoms with Gasteiger partial charge in [-0.25, -0.2) is 0 Å². The number of carbonyl (C=O) groups is 1. The molecule has 0 aromatic heterocycles. The van der Waals surface area contributed by atoms with Gasteiger partial charge in [0.25, 0.3) is 8.32 Å². The summed E-state index contributed by atoms with van der Waals surface area (Å²) in [5.41, 5.74) is 0. The molecule has 0 heterocycles. The van der Waals surface area contributed by atoms with Crippen molar-refractivity contribution < 1.29 is 9.22 Å². The molecular formula is C21H28O2Si. The Balaban J connectivity index is 2.68. The summed E-state index contributed by atoms with van der Waals surface area (Å²) in [5, 5.41) is 2.43. The summed E-state index contributed by atoms with van der Waals surface area (Å²) in [6.07, 6.45) is 0.858. The predicted molar refractivity (Wildman–Crippen MR) is 103 cm³/mol. The molecule has 0 bridgehead atoms. The lowest BCUT2D eigenvalue weighted by Gasteiger charge is -2.45. The monoisotopic (exact) mass is 340 g/mol. The predicted octanol–water partition coefficient (Wildman–Crippen LogP) is 3.79.